The minimum absolute atomic E-state index is 0.111. The zero-order valence-corrected chi connectivity index (χ0v) is 16.5. The molecule has 2 aromatic rings. The monoisotopic (exact) mass is 394 g/mol. The lowest BCUT2D eigenvalue weighted by molar-refractivity contribution is 0.0713. The molecule has 2 saturated heterocycles. The normalized spacial score (nSPS) is 23.2. The van der Waals surface area contributed by atoms with Gasteiger partial charge in [-0.05, 0) is 36.6 Å². The number of amides is 2. The van der Waals surface area contributed by atoms with Crippen LogP contribution in [0.15, 0.2) is 54.6 Å². The summed E-state index contributed by atoms with van der Waals surface area (Å²) in [5.74, 6) is 0.452. The van der Waals surface area contributed by atoms with Crippen LogP contribution in [0.3, 0.4) is 0 Å². The van der Waals surface area contributed by atoms with Crippen molar-refractivity contribution in [1.29, 1.82) is 0 Å². The number of aliphatic hydroxyl groups excluding tert-OH is 1. The Labute approximate surface area is 170 Å². The van der Waals surface area contributed by atoms with Crippen LogP contribution in [0.1, 0.15) is 35.7 Å². The topological polar surface area (TPSA) is 70.1 Å². The number of aryl methyl sites for hydroxylation is 1. The zero-order valence-electron chi connectivity index (χ0n) is 16.5. The molecule has 0 saturated carbocycles. The molecular weight excluding hydrogens is 368 g/mol. The van der Waals surface area contributed by atoms with Crippen molar-refractivity contribution >= 4 is 12.0 Å². The predicted octanol–water partition coefficient (Wildman–Crippen LogP) is 3.10. The molecule has 2 aliphatic rings. The van der Waals surface area contributed by atoms with Crippen molar-refractivity contribution in [2.75, 3.05) is 13.1 Å². The Morgan fingerprint density at radius 1 is 1.07 bits per heavy atom. The molecule has 0 bridgehead atoms. The number of hydrogen-bond donors (Lipinski definition) is 1. The predicted molar refractivity (Wildman–Crippen MR) is 109 cm³/mol. The van der Waals surface area contributed by atoms with Crippen LogP contribution in [0.2, 0.25) is 0 Å². The zero-order chi connectivity index (χ0) is 20.4. The maximum atomic E-state index is 12.9. The number of fused-ring (bicyclic) bond motifs is 1. The Morgan fingerprint density at radius 2 is 1.79 bits per heavy atom. The second kappa shape index (κ2) is 8.25. The Kier molecular flexibility index (Phi) is 5.53. The number of aliphatic hydroxyl groups is 1. The van der Waals surface area contributed by atoms with Gasteiger partial charge in [-0.25, -0.2) is 4.79 Å². The highest BCUT2D eigenvalue weighted by molar-refractivity contribution is 5.94. The van der Waals surface area contributed by atoms with Crippen LogP contribution in [0.25, 0.3) is 0 Å². The first-order valence-electron chi connectivity index (χ1n) is 10.2. The van der Waals surface area contributed by atoms with E-state index in [0.29, 0.717) is 24.3 Å². The third-order valence-electron chi connectivity index (χ3n) is 5.80. The largest absolute Gasteiger partial charge is 0.415 e. The van der Waals surface area contributed by atoms with Crippen LogP contribution in [-0.4, -0.2) is 58.2 Å². The molecule has 2 aliphatic heterocycles. The number of carbonyl (C=O) groups excluding carboxylic acids is 2. The molecule has 0 spiro atoms. The summed E-state index contributed by atoms with van der Waals surface area (Å²) in [7, 11) is 0. The Morgan fingerprint density at radius 3 is 2.55 bits per heavy atom. The fourth-order valence-electron chi connectivity index (χ4n) is 4.47. The van der Waals surface area contributed by atoms with Gasteiger partial charge in [-0.1, -0.05) is 49.7 Å². The average Bonchev–Trinajstić information content (AvgIpc) is 3.31. The van der Waals surface area contributed by atoms with E-state index in [2.05, 4.69) is 6.92 Å². The van der Waals surface area contributed by atoms with Gasteiger partial charge in [0.05, 0.1) is 18.2 Å². The van der Waals surface area contributed by atoms with Crippen LogP contribution in [-0.2, 0) is 6.42 Å². The standard InChI is InChI=1S/C23H26N2O4/c1-2-8-16-9-6-7-12-20(16)29-23(28)24-14-13-18-21(24)19(26)15-25(18)22(27)17-10-4-3-5-11-17/h3-7,9-12,18-19,21,26H,2,8,13-15H2,1H3. The van der Waals surface area contributed by atoms with Gasteiger partial charge in [-0.2, -0.15) is 0 Å². The van der Waals surface area contributed by atoms with Gasteiger partial charge in [0.2, 0.25) is 0 Å². The highest BCUT2D eigenvalue weighted by Crippen LogP contribution is 2.34. The van der Waals surface area contributed by atoms with E-state index in [0.717, 1.165) is 18.4 Å². The fourth-order valence-corrected chi connectivity index (χ4v) is 4.47. The van der Waals surface area contributed by atoms with Gasteiger partial charge in [0.1, 0.15) is 5.75 Å². The number of likely N-dealkylation sites (tertiary alicyclic amines) is 2. The molecule has 1 N–H and O–H groups in total. The first kappa shape index (κ1) is 19.5. The summed E-state index contributed by atoms with van der Waals surface area (Å²) in [5, 5.41) is 10.6. The molecule has 3 atom stereocenters. The van der Waals surface area contributed by atoms with Crippen molar-refractivity contribution in [3.8, 4) is 5.75 Å². The minimum Gasteiger partial charge on any atom is -0.410 e. The number of para-hydroxylation sites is 1. The maximum Gasteiger partial charge on any atom is 0.415 e. The summed E-state index contributed by atoms with van der Waals surface area (Å²) in [5.41, 5.74) is 1.59. The molecule has 2 aromatic carbocycles. The van der Waals surface area contributed by atoms with Crippen LogP contribution in [0.5, 0.6) is 5.75 Å². The molecule has 0 aliphatic carbocycles. The molecule has 0 radical (unpaired) electrons. The summed E-state index contributed by atoms with van der Waals surface area (Å²) >= 11 is 0. The number of ether oxygens (including phenoxy) is 1. The van der Waals surface area contributed by atoms with Crippen molar-refractivity contribution in [1.82, 2.24) is 9.80 Å². The van der Waals surface area contributed by atoms with Crippen LogP contribution >= 0.6 is 0 Å². The van der Waals surface area contributed by atoms with Gasteiger partial charge < -0.3 is 19.6 Å². The highest BCUT2D eigenvalue weighted by Gasteiger charge is 2.52. The second-order valence-corrected chi connectivity index (χ2v) is 7.66. The van der Waals surface area contributed by atoms with Gasteiger partial charge in [0, 0.05) is 18.7 Å². The summed E-state index contributed by atoms with van der Waals surface area (Å²) < 4.78 is 5.69. The average molecular weight is 394 g/mol. The third kappa shape index (κ3) is 3.72. The minimum atomic E-state index is -0.784. The molecular formula is C23H26N2O4. The first-order chi connectivity index (χ1) is 14.1. The Hall–Kier alpha value is -2.86. The molecule has 6 heteroatoms. The molecule has 6 nitrogen and oxygen atoms in total. The number of nitrogens with zero attached hydrogens (tertiary/aromatic N) is 2. The lowest BCUT2D eigenvalue weighted by Gasteiger charge is -2.26. The highest BCUT2D eigenvalue weighted by atomic mass is 16.6. The van der Waals surface area contributed by atoms with E-state index in [1.807, 2.05) is 36.4 Å². The summed E-state index contributed by atoms with van der Waals surface area (Å²) in [4.78, 5) is 29.1. The molecule has 4 rings (SSSR count). The molecule has 0 aromatic heterocycles. The van der Waals surface area contributed by atoms with Gasteiger partial charge in [0.15, 0.2) is 0 Å². The van der Waals surface area contributed by atoms with E-state index in [1.54, 1.807) is 28.0 Å². The molecule has 2 fully saturated rings. The van der Waals surface area contributed by atoms with Gasteiger partial charge >= 0.3 is 6.09 Å². The third-order valence-corrected chi connectivity index (χ3v) is 5.80. The van der Waals surface area contributed by atoms with E-state index in [1.165, 1.54) is 0 Å². The van der Waals surface area contributed by atoms with Crippen LogP contribution < -0.4 is 4.74 Å². The van der Waals surface area contributed by atoms with E-state index < -0.39 is 18.2 Å². The van der Waals surface area contributed by atoms with Crippen molar-refractivity contribution in [2.24, 2.45) is 0 Å². The lowest BCUT2D eigenvalue weighted by Crippen LogP contribution is -2.46. The number of benzene rings is 2. The van der Waals surface area contributed by atoms with E-state index in [-0.39, 0.29) is 18.5 Å². The number of β-amino-alcohol motifs (C(OH)–C–C–N with tert-alkyl or cyclic N) is 1. The van der Waals surface area contributed by atoms with E-state index in [9.17, 15) is 14.7 Å². The van der Waals surface area contributed by atoms with Crippen LogP contribution in [0, 0.1) is 0 Å². The van der Waals surface area contributed by atoms with Crippen molar-refractivity contribution in [3.05, 3.63) is 65.7 Å². The molecule has 3 unspecified atom stereocenters. The summed E-state index contributed by atoms with van der Waals surface area (Å²) in [6, 6.07) is 16.0. The Balaban J connectivity index is 1.49. The quantitative estimate of drug-likeness (QED) is 0.865. The number of rotatable bonds is 4. The van der Waals surface area contributed by atoms with Gasteiger partial charge in [-0.3, -0.25) is 4.79 Å². The maximum absolute atomic E-state index is 12.9. The van der Waals surface area contributed by atoms with E-state index >= 15 is 0 Å². The van der Waals surface area contributed by atoms with Gasteiger partial charge in [-0.15, -0.1) is 0 Å². The molecule has 152 valence electrons. The number of carbonyl (C=O) groups is 2. The van der Waals surface area contributed by atoms with Crippen LogP contribution in [0.4, 0.5) is 4.79 Å². The van der Waals surface area contributed by atoms with E-state index in [4.69, 9.17) is 4.74 Å². The second-order valence-electron chi connectivity index (χ2n) is 7.66. The first-order valence-corrected chi connectivity index (χ1v) is 10.2. The van der Waals surface area contributed by atoms with Gasteiger partial charge in [0.25, 0.3) is 5.91 Å². The summed E-state index contributed by atoms with van der Waals surface area (Å²) in [6.07, 6.45) is 1.17. The fraction of sp³-hybridized carbons (Fsp3) is 0.391. The van der Waals surface area contributed by atoms with Crippen molar-refractivity contribution in [2.45, 2.75) is 44.4 Å². The Bertz CT molecular complexity index is 885. The summed E-state index contributed by atoms with van der Waals surface area (Å²) in [6.45, 7) is 2.76. The molecule has 29 heavy (non-hydrogen) atoms. The number of hydrogen-bond acceptors (Lipinski definition) is 4. The molecule has 2 amide bonds. The molecule has 2 heterocycles. The smallest absolute Gasteiger partial charge is 0.410 e. The van der Waals surface area contributed by atoms with Crippen molar-refractivity contribution in [3.63, 3.8) is 0 Å². The SMILES string of the molecule is CCCc1ccccc1OC(=O)N1CCC2C1C(O)CN2C(=O)c1ccccc1. The lowest BCUT2D eigenvalue weighted by atomic mass is 10.1. The van der Waals surface area contributed by atoms with Crippen molar-refractivity contribution < 1.29 is 19.4 Å².